The molecule has 0 aliphatic carbocycles. The van der Waals surface area contributed by atoms with Crippen molar-refractivity contribution in [1.29, 1.82) is 0 Å². The van der Waals surface area contributed by atoms with Gasteiger partial charge < -0.3 is 5.11 Å². The van der Waals surface area contributed by atoms with Crippen LogP contribution >= 0.6 is 11.3 Å². The molecule has 0 bridgehead atoms. The van der Waals surface area contributed by atoms with Gasteiger partial charge in [-0.3, -0.25) is 4.72 Å². The SMILES string of the molecule is CCC(O)(CC)Cc1csc(NS(=O)(=O)C(C)(C)C)n1. The van der Waals surface area contributed by atoms with Gasteiger partial charge in [0.1, 0.15) is 0 Å². The van der Waals surface area contributed by atoms with Crippen LogP contribution in [0.1, 0.15) is 53.2 Å². The van der Waals surface area contributed by atoms with Gasteiger partial charge in [-0.2, -0.15) is 0 Å². The van der Waals surface area contributed by atoms with Gasteiger partial charge in [-0.25, -0.2) is 13.4 Å². The molecule has 0 radical (unpaired) electrons. The topological polar surface area (TPSA) is 79.3 Å². The second-order valence-electron chi connectivity index (χ2n) is 5.97. The lowest BCUT2D eigenvalue weighted by molar-refractivity contribution is 0.0319. The summed E-state index contributed by atoms with van der Waals surface area (Å²) in [6, 6.07) is 0. The molecule has 0 aliphatic heterocycles. The van der Waals surface area contributed by atoms with Gasteiger partial charge in [-0.15, -0.1) is 11.3 Å². The fourth-order valence-electron chi connectivity index (χ4n) is 1.54. The normalized spacial score (nSPS) is 13.5. The van der Waals surface area contributed by atoms with E-state index < -0.39 is 20.4 Å². The van der Waals surface area contributed by atoms with Crippen molar-refractivity contribution < 1.29 is 13.5 Å². The maximum Gasteiger partial charge on any atom is 0.239 e. The summed E-state index contributed by atoms with van der Waals surface area (Å²) in [7, 11) is -3.46. The second-order valence-corrected chi connectivity index (χ2v) is 9.26. The van der Waals surface area contributed by atoms with Gasteiger partial charge in [0.2, 0.25) is 10.0 Å². The van der Waals surface area contributed by atoms with Crippen LogP contribution in [-0.4, -0.2) is 28.9 Å². The highest BCUT2D eigenvalue weighted by Gasteiger charge is 2.30. The summed E-state index contributed by atoms with van der Waals surface area (Å²) >= 11 is 1.24. The van der Waals surface area contributed by atoms with Crippen molar-refractivity contribution in [1.82, 2.24) is 4.98 Å². The first kappa shape index (κ1) is 17.4. The predicted octanol–water partition coefficient (Wildman–Crippen LogP) is 2.78. The van der Waals surface area contributed by atoms with Crippen LogP contribution in [0.5, 0.6) is 0 Å². The van der Waals surface area contributed by atoms with Crippen molar-refractivity contribution in [3.8, 4) is 0 Å². The molecule has 5 nitrogen and oxygen atoms in total. The summed E-state index contributed by atoms with van der Waals surface area (Å²) in [5, 5.41) is 12.4. The van der Waals surface area contributed by atoms with Crippen LogP contribution in [0.3, 0.4) is 0 Å². The number of thiazole rings is 1. The average Bonchev–Trinajstić information content (AvgIpc) is 2.74. The van der Waals surface area contributed by atoms with Crippen molar-refractivity contribution >= 4 is 26.5 Å². The Hall–Kier alpha value is -0.660. The summed E-state index contributed by atoms with van der Waals surface area (Å²) in [5.41, 5.74) is -0.0540. The standard InChI is InChI=1S/C13H24N2O3S2/c1-6-13(16,7-2)8-10-9-19-11(14-10)15-20(17,18)12(3,4)5/h9,16H,6-8H2,1-5H3,(H,14,15). The zero-order valence-electron chi connectivity index (χ0n) is 12.7. The van der Waals surface area contributed by atoms with Crippen molar-refractivity contribution in [2.45, 2.75) is 64.2 Å². The number of nitrogens with one attached hydrogen (secondary N) is 1. The number of hydrogen-bond acceptors (Lipinski definition) is 5. The van der Waals surface area contributed by atoms with E-state index in [-0.39, 0.29) is 0 Å². The third-order valence-corrected chi connectivity index (χ3v) is 6.42. The molecule has 0 amide bonds. The molecular formula is C13H24N2O3S2. The molecule has 20 heavy (non-hydrogen) atoms. The van der Waals surface area contributed by atoms with Gasteiger partial charge in [-0.1, -0.05) is 13.8 Å². The van der Waals surface area contributed by atoms with E-state index in [9.17, 15) is 13.5 Å². The largest absolute Gasteiger partial charge is 0.390 e. The second kappa shape index (κ2) is 5.99. The molecule has 0 unspecified atom stereocenters. The van der Waals surface area contributed by atoms with E-state index in [1.807, 2.05) is 13.8 Å². The zero-order valence-corrected chi connectivity index (χ0v) is 14.4. The molecule has 0 aliphatic rings. The van der Waals surface area contributed by atoms with Gasteiger partial charge in [0.15, 0.2) is 5.13 Å². The molecule has 0 saturated carbocycles. The Kier molecular flexibility index (Phi) is 5.21. The molecule has 1 rings (SSSR count). The van der Waals surface area contributed by atoms with E-state index in [0.29, 0.717) is 30.1 Å². The Morgan fingerprint density at radius 1 is 1.30 bits per heavy atom. The average molecular weight is 320 g/mol. The molecular weight excluding hydrogens is 296 g/mol. The summed E-state index contributed by atoms with van der Waals surface area (Å²) in [4.78, 5) is 4.26. The molecule has 1 aromatic rings. The van der Waals surface area contributed by atoms with Crippen LogP contribution in [0.2, 0.25) is 0 Å². The first-order valence-electron chi connectivity index (χ1n) is 6.72. The van der Waals surface area contributed by atoms with Gasteiger partial charge >= 0.3 is 0 Å². The van der Waals surface area contributed by atoms with E-state index in [1.54, 1.807) is 26.2 Å². The Labute approximate surface area is 125 Å². The third kappa shape index (κ3) is 4.17. The van der Waals surface area contributed by atoms with Crippen LogP contribution in [0.25, 0.3) is 0 Å². The summed E-state index contributed by atoms with van der Waals surface area (Å²) in [5.74, 6) is 0. The number of aromatic nitrogens is 1. The lowest BCUT2D eigenvalue weighted by atomic mass is 9.92. The van der Waals surface area contributed by atoms with Crippen LogP contribution in [0, 0.1) is 0 Å². The molecule has 1 heterocycles. The van der Waals surface area contributed by atoms with Crippen LogP contribution < -0.4 is 4.72 Å². The molecule has 0 spiro atoms. The highest BCUT2D eigenvalue weighted by atomic mass is 32.2. The fraction of sp³-hybridized carbons (Fsp3) is 0.769. The minimum atomic E-state index is -3.46. The number of rotatable bonds is 6. The summed E-state index contributed by atoms with van der Waals surface area (Å²) in [6.07, 6.45) is 1.72. The Bertz CT molecular complexity index is 540. The number of aliphatic hydroxyl groups is 1. The molecule has 2 N–H and O–H groups in total. The number of sulfonamides is 1. The maximum absolute atomic E-state index is 12.0. The molecule has 7 heteroatoms. The summed E-state index contributed by atoms with van der Waals surface area (Å²) in [6.45, 7) is 8.77. The molecule has 0 fully saturated rings. The maximum atomic E-state index is 12.0. The lowest BCUT2D eigenvalue weighted by Gasteiger charge is -2.23. The van der Waals surface area contributed by atoms with Crippen LogP contribution in [0.4, 0.5) is 5.13 Å². The van der Waals surface area contributed by atoms with Gasteiger partial charge in [0, 0.05) is 11.8 Å². The van der Waals surface area contributed by atoms with E-state index >= 15 is 0 Å². The number of anilines is 1. The van der Waals surface area contributed by atoms with E-state index in [0.717, 1.165) is 0 Å². The minimum Gasteiger partial charge on any atom is -0.390 e. The van der Waals surface area contributed by atoms with Crippen LogP contribution in [-0.2, 0) is 16.4 Å². The minimum absolute atomic E-state index is 0.351. The molecule has 0 saturated heterocycles. The Morgan fingerprint density at radius 3 is 2.30 bits per heavy atom. The van der Waals surface area contributed by atoms with E-state index in [2.05, 4.69) is 9.71 Å². The molecule has 0 atom stereocenters. The zero-order chi connectivity index (χ0) is 15.6. The number of hydrogen-bond donors (Lipinski definition) is 2. The monoisotopic (exact) mass is 320 g/mol. The first-order chi connectivity index (χ1) is 9.03. The van der Waals surface area contributed by atoms with Crippen molar-refractivity contribution in [3.63, 3.8) is 0 Å². The Morgan fingerprint density at radius 2 is 1.85 bits per heavy atom. The summed E-state index contributed by atoms with van der Waals surface area (Å²) < 4.78 is 25.7. The fourth-order valence-corrected chi connectivity index (χ4v) is 3.20. The smallest absolute Gasteiger partial charge is 0.239 e. The highest BCUT2D eigenvalue weighted by Crippen LogP contribution is 2.26. The van der Waals surface area contributed by atoms with Crippen LogP contribution in [0.15, 0.2) is 5.38 Å². The quantitative estimate of drug-likeness (QED) is 0.844. The highest BCUT2D eigenvalue weighted by molar-refractivity contribution is 7.94. The van der Waals surface area contributed by atoms with Crippen molar-refractivity contribution in [3.05, 3.63) is 11.1 Å². The first-order valence-corrected chi connectivity index (χ1v) is 9.08. The van der Waals surface area contributed by atoms with Gasteiger partial charge in [0.05, 0.1) is 16.0 Å². The van der Waals surface area contributed by atoms with E-state index in [1.165, 1.54) is 11.3 Å². The molecule has 1 aromatic heterocycles. The molecule has 0 aromatic carbocycles. The Balaban J connectivity index is 2.84. The lowest BCUT2D eigenvalue weighted by Crippen LogP contribution is -2.33. The van der Waals surface area contributed by atoms with Gasteiger partial charge in [0.25, 0.3) is 0 Å². The molecule has 116 valence electrons. The van der Waals surface area contributed by atoms with Crippen molar-refractivity contribution in [2.24, 2.45) is 0 Å². The third-order valence-electron chi connectivity index (χ3n) is 3.41. The predicted molar refractivity (Wildman–Crippen MR) is 83.6 cm³/mol. The van der Waals surface area contributed by atoms with Gasteiger partial charge in [-0.05, 0) is 33.6 Å². The van der Waals surface area contributed by atoms with E-state index in [4.69, 9.17) is 0 Å². The number of nitrogens with zero attached hydrogens (tertiary/aromatic N) is 1. The van der Waals surface area contributed by atoms with Crippen molar-refractivity contribution in [2.75, 3.05) is 4.72 Å².